The maximum absolute atomic E-state index is 5.29. The highest BCUT2D eigenvalue weighted by atomic mass is 79.9. The number of piperidine rings is 1. The van der Waals surface area contributed by atoms with Crippen LogP contribution < -0.4 is 9.64 Å². The van der Waals surface area contributed by atoms with Gasteiger partial charge in [-0.15, -0.1) is 0 Å². The van der Waals surface area contributed by atoms with E-state index in [1.807, 2.05) is 6.07 Å². The predicted octanol–water partition coefficient (Wildman–Crippen LogP) is 3.69. The average Bonchev–Trinajstić information content (AvgIpc) is 2.29. The van der Waals surface area contributed by atoms with Crippen LogP contribution in [0.25, 0.3) is 0 Å². The lowest BCUT2D eigenvalue weighted by Gasteiger charge is -2.32. The van der Waals surface area contributed by atoms with Crippen molar-refractivity contribution in [3.8, 4) is 5.75 Å². The Morgan fingerprint density at radius 3 is 2.56 bits per heavy atom. The van der Waals surface area contributed by atoms with Crippen LogP contribution in [-0.2, 0) is 0 Å². The second-order valence-corrected chi connectivity index (χ2v) is 5.43. The van der Waals surface area contributed by atoms with Crippen LogP contribution in [0.4, 0.5) is 5.69 Å². The van der Waals surface area contributed by atoms with Gasteiger partial charge in [0.2, 0.25) is 0 Å². The van der Waals surface area contributed by atoms with Crippen molar-refractivity contribution in [3.63, 3.8) is 0 Å². The summed E-state index contributed by atoms with van der Waals surface area (Å²) in [5, 5.41) is 0. The van der Waals surface area contributed by atoms with E-state index in [4.69, 9.17) is 4.74 Å². The van der Waals surface area contributed by atoms with Gasteiger partial charge in [-0.05, 0) is 30.9 Å². The van der Waals surface area contributed by atoms with E-state index in [0.29, 0.717) is 0 Å². The minimum Gasteiger partial charge on any atom is -0.497 e. The number of halogens is 1. The molecule has 16 heavy (non-hydrogen) atoms. The topological polar surface area (TPSA) is 12.5 Å². The summed E-state index contributed by atoms with van der Waals surface area (Å²) in [5.74, 6) is 1.79. The maximum Gasteiger partial charge on any atom is 0.122 e. The van der Waals surface area contributed by atoms with Crippen LogP contribution >= 0.6 is 15.9 Å². The van der Waals surface area contributed by atoms with Gasteiger partial charge in [-0.2, -0.15) is 0 Å². The van der Waals surface area contributed by atoms with E-state index in [9.17, 15) is 0 Å². The fraction of sp³-hybridized carbons (Fsp3) is 0.538. The summed E-state index contributed by atoms with van der Waals surface area (Å²) in [6, 6.07) is 6.27. The average molecular weight is 284 g/mol. The quantitative estimate of drug-likeness (QED) is 0.821. The van der Waals surface area contributed by atoms with Gasteiger partial charge in [0.1, 0.15) is 5.75 Å². The number of ether oxygens (including phenoxy) is 1. The van der Waals surface area contributed by atoms with Crippen LogP contribution in [0.15, 0.2) is 22.7 Å². The normalized spacial score (nSPS) is 17.6. The van der Waals surface area contributed by atoms with Crippen molar-refractivity contribution >= 4 is 21.6 Å². The molecule has 1 aromatic carbocycles. The summed E-state index contributed by atoms with van der Waals surface area (Å²) in [7, 11) is 1.71. The summed E-state index contributed by atoms with van der Waals surface area (Å²) < 4.78 is 6.37. The molecule has 1 aliphatic rings. The van der Waals surface area contributed by atoms with Gasteiger partial charge in [0, 0.05) is 29.3 Å². The van der Waals surface area contributed by atoms with E-state index in [1.165, 1.54) is 18.5 Å². The molecule has 0 unspecified atom stereocenters. The van der Waals surface area contributed by atoms with Crippen LogP contribution in [-0.4, -0.2) is 20.2 Å². The van der Waals surface area contributed by atoms with E-state index >= 15 is 0 Å². The van der Waals surface area contributed by atoms with Crippen LogP contribution in [0.2, 0.25) is 0 Å². The number of hydrogen-bond acceptors (Lipinski definition) is 2. The molecule has 0 aromatic heterocycles. The van der Waals surface area contributed by atoms with Gasteiger partial charge >= 0.3 is 0 Å². The number of hydrogen-bond donors (Lipinski definition) is 0. The lowest BCUT2D eigenvalue weighted by Crippen LogP contribution is -2.32. The van der Waals surface area contributed by atoms with Gasteiger partial charge in [0.25, 0.3) is 0 Å². The highest BCUT2D eigenvalue weighted by molar-refractivity contribution is 9.10. The van der Waals surface area contributed by atoms with Gasteiger partial charge in [-0.25, -0.2) is 0 Å². The molecular weight excluding hydrogens is 266 g/mol. The Bertz CT molecular complexity index is 359. The third-order valence-corrected chi connectivity index (χ3v) is 3.70. The van der Waals surface area contributed by atoms with Crippen molar-refractivity contribution in [1.29, 1.82) is 0 Å². The number of benzene rings is 1. The summed E-state index contributed by atoms with van der Waals surface area (Å²) in [6.07, 6.45) is 2.57. The molecule has 1 saturated heterocycles. The Morgan fingerprint density at radius 1 is 1.25 bits per heavy atom. The number of methoxy groups -OCH3 is 1. The first-order chi connectivity index (χ1) is 7.69. The highest BCUT2D eigenvalue weighted by Gasteiger charge is 2.16. The van der Waals surface area contributed by atoms with E-state index in [-0.39, 0.29) is 0 Å². The Morgan fingerprint density at radius 2 is 1.94 bits per heavy atom. The van der Waals surface area contributed by atoms with Crippen molar-refractivity contribution in [2.75, 3.05) is 25.1 Å². The molecule has 0 N–H and O–H groups in total. The third kappa shape index (κ3) is 2.70. The molecule has 1 aliphatic heterocycles. The summed E-state index contributed by atoms with van der Waals surface area (Å²) in [4.78, 5) is 2.44. The Kier molecular flexibility index (Phi) is 3.74. The molecule has 0 radical (unpaired) electrons. The monoisotopic (exact) mass is 283 g/mol. The fourth-order valence-electron chi connectivity index (χ4n) is 2.12. The summed E-state index contributed by atoms with van der Waals surface area (Å²) in [6.45, 7) is 4.64. The van der Waals surface area contributed by atoms with Crippen molar-refractivity contribution < 1.29 is 4.74 Å². The summed E-state index contributed by atoms with van der Waals surface area (Å²) >= 11 is 3.53. The first kappa shape index (κ1) is 11.8. The zero-order valence-corrected chi connectivity index (χ0v) is 11.5. The molecular formula is C13H18BrNO. The molecule has 2 rings (SSSR count). The minimum absolute atomic E-state index is 0.866. The molecule has 88 valence electrons. The second kappa shape index (κ2) is 5.09. The van der Waals surface area contributed by atoms with Crippen molar-refractivity contribution in [2.24, 2.45) is 5.92 Å². The Balaban J connectivity index is 2.16. The molecule has 0 bridgehead atoms. The molecule has 1 aromatic rings. The highest BCUT2D eigenvalue weighted by Crippen LogP contribution is 2.29. The molecule has 1 heterocycles. The van der Waals surface area contributed by atoms with E-state index < -0.39 is 0 Å². The van der Waals surface area contributed by atoms with Gasteiger partial charge < -0.3 is 9.64 Å². The smallest absolute Gasteiger partial charge is 0.122 e. The number of rotatable bonds is 2. The summed E-state index contributed by atoms with van der Waals surface area (Å²) in [5.41, 5.74) is 1.26. The second-order valence-electron chi connectivity index (χ2n) is 4.52. The minimum atomic E-state index is 0.866. The Hall–Kier alpha value is -0.700. The van der Waals surface area contributed by atoms with E-state index in [2.05, 4.69) is 39.9 Å². The van der Waals surface area contributed by atoms with Gasteiger partial charge in [-0.3, -0.25) is 0 Å². The van der Waals surface area contributed by atoms with Crippen molar-refractivity contribution in [1.82, 2.24) is 0 Å². The molecule has 0 saturated carbocycles. The van der Waals surface area contributed by atoms with Gasteiger partial charge in [0.05, 0.1) is 7.11 Å². The standard InChI is InChI=1S/C13H18BrNO/c1-10-3-5-15(6-4-10)12-7-11(14)8-13(9-12)16-2/h7-10H,3-6H2,1-2H3. The van der Waals surface area contributed by atoms with Crippen molar-refractivity contribution in [3.05, 3.63) is 22.7 Å². The van der Waals surface area contributed by atoms with E-state index in [1.54, 1.807) is 7.11 Å². The van der Waals surface area contributed by atoms with Crippen molar-refractivity contribution in [2.45, 2.75) is 19.8 Å². The fourth-order valence-corrected chi connectivity index (χ4v) is 2.58. The first-order valence-corrected chi connectivity index (χ1v) is 6.58. The third-order valence-electron chi connectivity index (χ3n) is 3.24. The number of nitrogens with zero attached hydrogens (tertiary/aromatic N) is 1. The molecule has 3 heteroatoms. The molecule has 1 fully saturated rings. The lowest BCUT2D eigenvalue weighted by atomic mass is 9.99. The van der Waals surface area contributed by atoms with Crippen LogP contribution in [0.3, 0.4) is 0 Å². The van der Waals surface area contributed by atoms with Gasteiger partial charge in [0.15, 0.2) is 0 Å². The molecule has 0 atom stereocenters. The lowest BCUT2D eigenvalue weighted by molar-refractivity contribution is 0.413. The molecule has 0 aliphatic carbocycles. The molecule has 2 nitrogen and oxygen atoms in total. The van der Waals surface area contributed by atoms with Gasteiger partial charge in [-0.1, -0.05) is 22.9 Å². The molecule has 0 amide bonds. The SMILES string of the molecule is COc1cc(Br)cc(N2CCC(C)CC2)c1. The molecule has 0 spiro atoms. The van der Waals surface area contributed by atoms with Crippen LogP contribution in [0.1, 0.15) is 19.8 Å². The first-order valence-electron chi connectivity index (χ1n) is 5.78. The zero-order valence-electron chi connectivity index (χ0n) is 9.87. The Labute approximate surface area is 106 Å². The zero-order chi connectivity index (χ0) is 11.5. The van der Waals surface area contributed by atoms with E-state index in [0.717, 1.165) is 29.2 Å². The maximum atomic E-state index is 5.29. The van der Waals surface area contributed by atoms with Crippen LogP contribution in [0.5, 0.6) is 5.75 Å². The number of anilines is 1. The van der Waals surface area contributed by atoms with Crippen LogP contribution in [0, 0.1) is 5.92 Å². The predicted molar refractivity (Wildman–Crippen MR) is 71.3 cm³/mol. The largest absolute Gasteiger partial charge is 0.497 e.